The van der Waals surface area contributed by atoms with Crippen LogP contribution in [0.4, 0.5) is 5.69 Å². The Balaban J connectivity index is 1.85. The Kier molecular flexibility index (Phi) is 3.23. The van der Waals surface area contributed by atoms with Gasteiger partial charge in [0.25, 0.3) is 5.91 Å². The van der Waals surface area contributed by atoms with Gasteiger partial charge in [0.05, 0.1) is 12.0 Å². The number of carbonyl (C=O) groups is 3. The Bertz CT molecular complexity index is 737. The first kappa shape index (κ1) is 13.1. The van der Waals surface area contributed by atoms with Crippen LogP contribution in [0.15, 0.2) is 48.5 Å². The number of carbonyl (C=O) groups excluding carboxylic acids is 3. The van der Waals surface area contributed by atoms with Crippen LogP contribution in [0, 0.1) is 0 Å². The molecule has 2 aromatic carbocycles. The number of fused-ring (bicyclic) bond motifs is 1. The van der Waals surface area contributed by atoms with E-state index in [4.69, 9.17) is 0 Å². The van der Waals surface area contributed by atoms with E-state index in [-0.39, 0.29) is 12.3 Å². The van der Waals surface area contributed by atoms with Crippen molar-refractivity contribution in [1.29, 1.82) is 0 Å². The molecule has 0 atom stereocenters. The van der Waals surface area contributed by atoms with E-state index in [1.807, 2.05) is 6.07 Å². The number of hydrogen-bond donors (Lipinski definition) is 1. The zero-order valence-electron chi connectivity index (χ0n) is 11.0. The van der Waals surface area contributed by atoms with Gasteiger partial charge in [0, 0.05) is 11.3 Å². The summed E-state index contributed by atoms with van der Waals surface area (Å²) in [6.45, 7) is 0. The number of amides is 1. The summed E-state index contributed by atoms with van der Waals surface area (Å²) in [6.07, 6.45) is 0.0635. The van der Waals surface area contributed by atoms with E-state index in [0.717, 1.165) is 0 Å². The molecule has 3 rings (SSSR count). The minimum Gasteiger partial charge on any atom is -0.389 e. The quantitative estimate of drug-likeness (QED) is 0.676. The first-order chi connectivity index (χ1) is 10.1. The molecule has 1 amide bonds. The van der Waals surface area contributed by atoms with Gasteiger partial charge in [0.2, 0.25) is 0 Å². The molecule has 0 saturated heterocycles. The molecule has 0 fully saturated rings. The van der Waals surface area contributed by atoms with Crippen LogP contribution in [0.3, 0.4) is 0 Å². The molecule has 0 aliphatic carbocycles. The van der Waals surface area contributed by atoms with Gasteiger partial charge in [-0.25, -0.2) is 4.79 Å². The van der Waals surface area contributed by atoms with Gasteiger partial charge in [-0.2, -0.15) is 0 Å². The molecule has 0 saturated carbocycles. The van der Waals surface area contributed by atoms with Gasteiger partial charge in [-0.05, 0) is 29.8 Å². The zero-order valence-corrected chi connectivity index (χ0v) is 11.0. The molecule has 1 aliphatic heterocycles. The summed E-state index contributed by atoms with van der Waals surface area (Å²) in [4.78, 5) is 34.9. The number of ether oxygens (including phenoxy) is 1. The number of esters is 2. The Labute approximate surface area is 120 Å². The largest absolute Gasteiger partial charge is 0.389 e. The lowest BCUT2D eigenvalue weighted by atomic mass is 10.0. The number of rotatable bonds is 2. The van der Waals surface area contributed by atoms with Gasteiger partial charge in [-0.1, -0.05) is 24.3 Å². The van der Waals surface area contributed by atoms with Gasteiger partial charge >= 0.3 is 11.9 Å². The van der Waals surface area contributed by atoms with Crippen LogP contribution in [0.5, 0.6) is 0 Å². The summed E-state index contributed by atoms with van der Waals surface area (Å²) in [7, 11) is 0. The van der Waals surface area contributed by atoms with Crippen molar-refractivity contribution in [3.05, 3.63) is 65.2 Å². The second-order valence-corrected chi connectivity index (χ2v) is 4.63. The average Bonchev–Trinajstić information content (AvgIpc) is 2.48. The van der Waals surface area contributed by atoms with Crippen molar-refractivity contribution < 1.29 is 19.1 Å². The van der Waals surface area contributed by atoms with Crippen molar-refractivity contribution in [2.75, 3.05) is 5.32 Å². The van der Waals surface area contributed by atoms with E-state index < -0.39 is 11.9 Å². The third-order valence-electron chi connectivity index (χ3n) is 3.16. The predicted octanol–water partition coefficient (Wildman–Crippen LogP) is 2.18. The molecular formula is C16H11NO4. The van der Waals surface area contributed by atoms with E-state index in [2.05, 4.69) is 10.1 Å². The van der Waals surface area contributed by atoms with Crippen LogP contribution in [0.2, 0.25) is 0 Å². The van der Waals surface area contributed by atoms with E-state index in [1.54, 1.807) is 36.4 Å². The monoisotopic (exact) mass is 281 g/mol. The number of nitrogens with one attached hydrogen (secondary N) is 1. The maximum absolute atomic E-state index is 12.0. The second kappa shape index (κ2) is 5.20. The average molecular weight is 281 g/mol. The number of cyclic esters (lactones) is 2. The molecule has 104 valence electrons. The maximum atomic E-state index is 12.0. The summed E-state index contributed by atoms with van der Waals surface area (Å²) < 4.78 is 4.57. The molecule has 5 heteroatoms. The topological polar surface area (TPSA) is 72.5 Å². The van der Waals surface area contributed by atoms with Crippen molar-refractivity contribution >= 4 is 23.5 Å². The summed E-state index contributed by atoms with van der Waals surface area (Å²) >= 11 is 0. The SMILES string of the molecule is O=C1Cc2ccc(NC(=O)c3ccccc3)cc2C(=O)O1. The van der Waals surface area contributed by atoms with Gasteiger partial charge in [0.15, 0.2) is 0 Å². The molecular weight excluding hydrogens is 270 g/mol. The summed E-state index contributed by atoms with van der Waals surface area (Å²) in [6, 6.07) is 13.6. The number of anilines is 1. The van der Waals surface area contributed by atoms with E-state index >= 15 is 0 Å². The minimum atomic E-state index is -0.683. The molecule has 0 unspecified atom stereocenters. The van der Waals surface area contributed by atoms with Crippen molar-refractivity contribution in [3.63, 3.8) is 0 Å². The third-order valence-corrected chi connectivity index (χ3v) is 3.16. The number of hydrogen-bond acceptors (Lipinski definition) is 4. The third kappa shape index (κ3) is 2.67. The summed E-state index contributed by atoms with van der Waals surface area (Å²) in [5, 5.41) is 2.71. The highest BCUT2D eigenvalue weighted by Gasteiger charge is 2.25. The molecule has 2 aromatic rings. The highest BCUT2D eigenvalue weighted by molar-refractivity contribution is 6.06. The van der Waals surface area contributed by atoms with Crippen LogP contribution in [0.1, 0.15) is 26.3 Å². The fourth-order valence-electron chi connectivity index (χ4n) is 2.14. The predicted molar refractivity (Wildman–Crippen MR) is 75.0 cm³/mol. The van der Waals surface area contributed by atoms with Crippen LogP contribution in [0.25, 0.3) is 0 Å². The molecule has 21 heavy (non-hydrogen) atoms. The fraction of sp³-hybridized carbons (Fsp3) is 0.0625. The minimum absolute atomic E-state index is 0.0635. The molecule has 1 heterocycles. The normalized spacial score (nSPS) is 13.3. The Hall–Kier alpha value is -2.95. The standard InChI is InChI=1S/C16H11NO4/c18-14-8-11-6-7-12(9-13(11)16(20)21-14)17-15(19)10-4-2-1-3-5-10/h1-7,9H,8H2,(H,17,19). The van der Waals surface area contributed by atoms with Gasteiger partial charge in [-0.15, -0.1) is 0 Å². The highest BCUT2D eigenvalue weighted by atomic mass is 16.6. The van der Waals surface area contributed by atoms with Crippen LogP contribution in [-0.4, -0.2) is 17.8 Å². The van der Waals surface area contributed by atoms with Crippen molar-refractivity contribution in [2.45, 2.75) is 6.42 Å². The zero-order chi connectivity index (χ0) is 14.8. The van der Waals surface area contributed by atoms with Crippen molar-refractivity contribution in [1.82, 2.24) is 0 Å². The summed E-state index contributed by atoms with van der Waals surface area (Å²) in [5.74, 6) is -1.51. The Morgan fingerprint density at radius 2 is 1.81 bits per heavy atom. The summed E-state index contributed by atoms with van der Waals surface area (Å²) in [5.41, 5.74) is 1.91. The van der Waals surface area contributed by atoms with E-state index in [1.165, 1.54) is 6.07 Å². The second-order valence-electron chi connectivity index (χ2n) is 4.63. The van der Waals surface area contributed by atoms with Crippen molar-refractivity contribution in [3.8, 4) is 0 Å². The first-order valence-electron chi connectivity index (χ1n) is 6.38. The first-order valence-corrected chi connectivity index (χ1v) is 6.38. The Morgan fingerprint density at radius 3 is 2.57 bits per heavy atom. The van der Waals surface area contributed by atoms with Crippen LogP contribution in [-0.2, 0) is 16.0 Å². The lowest BCUT2D eigenvalue weighted by molar-refractivity contribution is -0.137. The molecule has 0 radical (unpaired) electrons. The van der Waals surface area contributed by atoms with Gasteiger partial charge in [-0.3, -0.25) is 9.59 Å². The van der Waals surface area contributed by atoms with Gasteiger partial charge in [0.1, 0.15) is 0 Å². The molecule has 0 spiro atoms. The van der Waals surface area contributed by atoms with Crippen LogP contribution < -0.4 is 5.32 Å². The lowest BCUT2D eigenvalue weighted by Gasteiger charge is -2.15. The Morgan fingerprint density at radius 1 is 1.05 bits per heavy atom. The highest BCUT2D eigenvalue weighted by Crippen LogP contribution is 2.22. The van der Waals surface area contributed by atoms with Gasteiger partial charge < -0.3 is 10.1 Å². The smallest absolute Gasteiger partial charge is 0.346 e. The molecule has 0 bridgehead atoms. The maximum Gasteiger partial charge on any atom is 0.346 e. The molecule has 1 aliphatic rings. The lowest BCUT2D eigenvalue weighted by Crippen LogP contribution is -2.23. The molecule has 1 N–H and O–H groups in total. The molecule has 5 nitrogen and oxygen atoms in total. The van der Waals surface area contributed by atoms with Crippen molar-refractivity contribution in [2.24, 2.45) is 0 Å². The van der Waals surface area contributed by atoms with E-state index in [0.29, 0.717) is 22.4 Å². The number of benzene rings is 2. The molecule has 0 aromatic heterocycles. The van der Waals surface area contributed by atoms with Crippen LogP contribution >= 0.6 is 0 Å². The fourth-order valence-corrected chi connectivity index (χ4v) is 2.14. The van der Waals surface area contributed by atoms with E-state index in [9.17, 15) is 14.4 Å².